The Hall–Kier alpha value is -2.16. The van der Waals surface area contributed by atoms with Crippen LogP contribution in [0.4, 0.5) is 4.39 Å². The van der Waals surface area contributed by atoms with Crippen molar-refractivity contribution in [3.05, 3.63) is 65.5 Å². The van der Waals surface area contributed by atoms with Gasteiger partial charge in [-0.3, -0.25) is 4.79 Å². The van der Waals surface area contributed by atoms with Crippen molar-refractivity contribution in [2.24, 2.45) is 0 Å². The molecule has 0 unspecified atom stereocenters. The SMILES string of the molecule is COc1ccc(CC(=O)c2ccc(F)cc2)cc1. The number of benzene rings is 2. The van der Waals surface area contributed by atoms with Gasteiger partial charge in [0.25, 0.3) is 0 Å². The molecule has 0 heterocycles. The summed E-state index contributed by atoms with van der Waals surface area (Å²) in [6.07, 6.45) is 0.301. The van der Waals surface area contributed by atoms with E-state index in [9.17, 15) is 9.18 Å². The van der Waals surface area contributed by atoms with Gasteiger partial charge in [-0.05, 0) is 42.0 Å². The summed E-state index contributed by atoms with van der Waals surface area (Å²) < 4.78 is 17.8. The third kappa shape index (κ3) is 2.94. The van der Waals surface area contributed by atoms with Crippen LogP contribution >= 0.6 is 0 Å². The molecule has 0 aromatic heterocycles. The standard InChI is InChI=1S/C15H13FO2/c1-18-14-8-2-11(3-9-14)10-15(17)12-4-6-13(16)7-5-12/h2-9H,10H2,1H3. The van der Waals surface area contributed by atoms with Crippen molar-refractivity contribution < 1.29 is 13.9 Å². The van der Waals surface area contributed by atoms with Crippen molar-refractivity contribution in [3.63, 3.8) is 0 Å². The van der Waals surface area contributed by atoms with Gasteiger partial charge >= 0.3 is 0 Å². The molecule has 0 bridgehead atoms. The average molecular weight is 244 g/mol. The lowest BCUT2D eigenvalue weighted by atomic mass is 10.0. The number of carbonyl (C=O) groups excluding carboxylic acids is 1. The Bertz CT molecular complexity index is 529. The Labute approximate surface area is 105 Å². The van der Waals surface area contributed by atoms with Crippen LogP contribution in [-0.4, -0.2) is 12.9 Å². The van der Waals surface area contributed by atoms with Crippen molar-refractivity contribution in [2.75, 3.05) is 7.11 Å². The summed E-state index contributed by atoms with van der Waals surface area (Å²) in [5.74, 6) is 0.393. The van der Waals surface area contributed by atoms with Gasteiger partial charge in [-0.2, -0.15) is 0 Å². The van der Waals surface area contributed by atoms with Gasteiger partial charge in [-0.1, -0.05) is 12.1 Å². The molecule has 0 aliphatic carbocycles. The zero-order valence-electron chi connectivity index (χ0n) is 10.0. The number of ether oxygens (including phenoxy) is 1. The van der Waals surface area contributed by atoms with E-state index in [0.717, 1.165) is 11.3 Å². The molecule has 0 aliphatic heterocycles. The maximum absolute atomic E-state index is 12.7. The maximum atomic E-state index is 12.7. The van der Waals surface area contributed by atoms with Crippen LogP contribution in [0.2, 0.25) is 0 Å². The largest absolute Gasteiger partial charge is 0.497 e. The normalized spacial score (nSPS) is 10.1. The van der Waals surface area contributed by atoms with Crippen LogP contribution in [0.5, 0.6) is 5.75 Å². The van der Waals surface area contributed by atoms with Crippen LogP contribution < -0.4 is 4.74 Å². The van der Waals surface area contributed by atoms with Crippen LogP contribution in [0, 0.1) is 5.82 Å². The first-order chi connectivity index (χ1) is 8.69. The predicted molar refractivity (Wildman–Crippen MR) is 67.4 cm³/mol. The molecule has 0 saturated heterocycles. The molecule has 0 atom stereocenters. The number of halogens is 1. The predicted octanol–water partition coefficient (Wildman–Crippen LogP) is 3.26. The second-order valence-corrected chi connectivity index (χ2v) is 3.95. The fourth-order valence-electron chi connectivity index (χ4n) is 1.67. The second kappa shape index (κ2) is 5.45. The summed E-state index contributed by atoms with van der Waals surface area (Å²) in [6, 6.07) is 12.9. The molecule has 0 saturated carbocycles. The Morgan fingerprint density at radius 3 is 2.22 bits per heavy atom. The third-order valence-electron chi connectivity index (χ3n) is 2.69. The molecular formula is C15H13FO2. The lowest BCUT2D eigenvalue weighted by molar-refractivity contribution is 0.0993. The van der Waals surface area contributed by atoms with Crippen LogP contribution in [0.25, 0.3) is 0 Å². The number of carbonyl (C=O) groups is 1. The molecule has 0 fully saturated rings. The first-order valence-electron chi connectivity index (χ1n) is 5.61. The van der Waals surface area contributed by atoms with E-state index < -0.39 is 0 Å². The van der Waals surface area contributed by atoms with Gasteiger partial charge < -0.3 is 4.74 Å². The molecule has 92 valence electrons. The van der Waals surface area contributed by atoms with Gasteiger partial charge in [-0.15, -0.1) is 0 Å². The Morgan fingerprint density at radius 1 is 1.06 bits per heavy atom. The summed E-state index contributed by atoms with van der Waals surface area (Å²) in [5, 5.41) is 0. The fraction of sp³-hybridized carbons (Fsp3) is 0.133. The minimum Gasteiger partial charge on any atom is -0.497 e. The smallest absolute Gasteiger partial charge is 0.167 e. The van der Waals surface area contributed by atoms with E-state index in [4.69, 9.17) is 4.74 Å². The lowest BCUT2D eigenvalue weighted by Crippen LogP contribution is -2.03. The Balaban J connectivity index is 2.08. The molecule has 2 aromatic rings. The number of rotatable bonds is 4. The zero-order valence-corrected chi connectivity index (χ0v) is 10.0. The molecule has 2 rings (SSSR count). The van der Waals surface area contributed by atoms with E-state index in [-0.39, 0.29) is 11.6 Å². The molecule has 0 N–H and O–H groups in total. The fourth-order valence-corrected chi connectivity index (χ4v) is 1.67. The number of Topliss-reactive ketones (excluding diaryl/α,β-unsaturated/α-hetero) is 1. The van der Waals surface area contributed by atoms with Gasteiger partial charge in [0.2, 0.25) is 0 Å². The number of hydrogen-bond acceptors (Lipinski definition) is 2. The van der Waals surface area contributed by atoms with E-state index in [0.29, 0.717) is 12.0 Å². The van der Waals surface area contributed by atoms with Crippen molar-refractivity contribution in [3.8, 4) is 5.75 Å². The van der Waals surface area contributed by atoms with E-state index in [1.54, 1.807) is 7.11 Å². The first-order valence-corrected chi connectivity index (χ1v) is 5.61. The summed E-state index contributed by atoms with van der Waals surface area (Å²) >= 11 is 0. The van der Waals surface area contributed by atoms with Crippen molar-refractivity contribution in [1.29, 1.82) is 0 Å². The number of methoxy groups -OCH3 is 1. The minimum absolute atomic E-state index is 0.0276. The van der Waals surface area contributed by atoms with E-state index in [1.807, 2.05) is 24.3 Å². The topological polar surface area (TPSA) is 26.3 Å². The summed E-state index contributed by atoms with van der Waals surface area (Å²) in [6.45, 7) is 0. The first kappa shape index (κ1) is 12.3. The molecule has 3 heteroatoms. The van der Waals surface area contributed by atoms with E-state index >= 15 is 0 Å². The highest BCUT2D eigenvalue weighted by Crippen LogP contribution is 2.13. The van der Waals surface area contributed by atoms with Crippen LogP contribution in [0.3, 0.4) is 0 Å². The molecule has 0 radical (unpaired) electrons. The van der Waals surface area contributed by atoms with Gasteiger partial charge in [-0.25, -0.2) is 4.39 Å². The molecule has 0 amide bonds. The highest BCUT2D eigenvalue weighted by molar-refractivity contribution is 5.97. The zero-order chi connectivity index (χ0) is 13.0. The maximum Gasteiger partial charge on any atom is 0.167 e. The highest BCUT2D eigenvalue weighted by atomic mass is 19.1. The molecule has 2 nitrogen and oxygen atoms in total. The van der Waals surface area contributed by atoms with Crippen LogP contribution in [-0.2, 0) is 6.42 Å². The Kier molecular flexibility index (Phi) is 3.72. The van der Waals surface area contributed by atoms with Crippen LogP contribution in [0.15, 0.2) is 48.5 Å². The van der Waals surface area contributed by atoms with Gasteiger partial charge in [0.1, 0.15) is 11.6 Å². The van der Waals surface area contributed by atoms with Crippen LogP contribution in [0.1, 0.15) is 15.9 Å². The Morgan fingerprint density at radius 2 is 1.67 bits per heavy atom. The molecule has 0 spiro atoms. The van der Waals surface area contributed by atoms with Crippen molar-refractivity contribution in [2.45, 2.75) is 6.42 Å². The molecule has 0 aliphatic rings. The second-order valence-electron chi connectivity index (χ2n) is 3.95. The quantitative estimate of drug-likeness (QED) is 0.772. The van der Waals surface area contributed by atoms with Gasteiger partial charge in [0.05, 0.1) is 7.11 Å². The van der Waals surface area contributed by atoms with Gasteiger partial charge in [0.15, 0.2) is 5.78 Å². The highest BCUT2D eigenvalue weighted by Gasteiger charge is 2.07. The van der Waals surface area contributed by atoms with Gasteiger partial charge in [0, 0.05) is 12.0 Å². The summed E-state index contributed by atoms with van der Waals surface area (Å²) in [5.41, 5.74) is 1.43. The summed E-state index contributed by atoms with van der Waals surface area (Å²) in [7, 11) is 1.60. The molecular weight excluding hydrogens is 231 g/mol. The van der Waals surface area contributed by atoms with E-state index in [2.05, 4.69) is 0 Å². The molecule has 2 aromatic carbocycles. The lowest BCUT2D eigenvalue weighted by Gasteiger charge is -2.03. The third-order valence-corrected chi connectivity index (χ3v) is 2.69. The minimum atomic E-state index is -0.337. The molecule has 18 heavy (non-hydrogen) atoms. The van der Waals surface area contributed by atoms with Crippen molar-refractivity contribution >= 4 is 5.78 Å². The van der Waals surface area contributed by atoms with Crippen molar-refractivity contribution in [1.82, 2.24) is 0 Å². The number of hydrogen-bond donors (Lipinski definition) is 0. The number of ketones is 1. The summed E-state index contributed by atoms with van der Waals surface area (Å²) in [4.78, 5) is 11.9. The monoisotopic (exact) mass is 244 g/mol. The van der Waals surface area contributed by atoms with E-state index in [1.165, 1.54) is 24.3 Å². The average Bonchev–Trinajstić information content (AvgIpc) is 2.40.